The number of aromatic nitrogens is 2. The van der Waals surface area contributed by atoms with E-state index in [0.717, 1.165) is 12.2 Å². The summed E-state index contributed by atoms with van der Waals surface area (Å²) in [6.45, 7) is 1.54. The molecular weight excluding hydrogens is 212 g/mol. The van der Waals surface area contributed by atoms with Crippen molar-refractivity contribution in [1.82, 2.24) is 9.97 Å². The van der Waals surface area contributed by atoms with Gasteiger partial charge < -0.3 is 4.98 Å². The molecule has 5 heteroatoms. The van der Waals surface area contributed by atoms with E-state index in [0.29, 0.717) is 5.56 Å². The fraction of sp³-hybridized carbons (Fsp3) is 0.300. The van der Waals surface area contributed by atoms with Crippen LogP contribution in [0, 0.1) is 0 Å². The van der Waals surface area contributed by atoms with Gasteiger partial charge in [0.15, 0.2) is 5.12 Å². The monoisotopic (exact) mass is 224 g/mol. The fourth-order valence-electron chi connectivity index (χ4n) is 0.955. The summed E-state index contributed by atoms with van der Waals surface area (Å²) in [6, 6.07) is 0. The van der Waals surface area contributed by atoms with Gasteiger partial charge in [-0.1, -0.05) is 23.9 Å². The second-order valence-corrected chi connectivity index (χ2v) is 4.14. The molecule has 0 saturated carbocycles. The van der Waals surface area contributed by atoms with Crippen LogP contribution in [0.3, 0.4) is 0 Å². The van der Waals surface area contributed by atoms with Crippen LogP contribution in [0.4, 0.5) is 0 Å². The van der Waals surface area contributed by atoms with Crippen molar-refractivity contribution in [3.05, 3.63) is 34.5 Å². The first-order valence-electron chi connectivity index (χ1n) is 4.53. The van der Waals surface area contributed by atoms with Crippen molar-refractivity contribution < 1.29 is 4.79 Å². The second-order valence-electron chi connectivity index (χ2n) is 2.87. The zero-order valence-corrected chi connectivity index (χ0v) is 9.21. The summed E-state index contributed by atoms with van der Waals surface area (Å²) >= 11 is 1.28. The summed E-state index contributed by atoms with van der Waals surface area (Å²) in [4.78, 5) is 28.1. The molecule has 15 heavy (non-hydrogen) atoms. The number of hydrogen-bond donors (Lipinski definition) is 1. The van der Waals surface area contributed by atoms with E-state index in [4.69, 9.17) is 0 Å². The largest absolute Gasteiger partial charge is 0.313 e. The smallest absolute Gasteiger partial charge is 0.257 e. The first kappa shape index (κ1) is 11.7. The van der Waals surface area contributed by atoms with Crippen LogP contribution in [0.15, 0.2) is 23.4 Å². The molecule has 0 bridgehead atoms. The minimum absolute atomic E-state index is 0.114. The number of nitrogens with zero attached hydrogens (tertiary/aromatic N) is 1. The van der Waals surface area contributed by atoms with E-state index in [2.05, 4.69) is 9.97 Å². The molecule has 0 aliphatic rings. The molecule has 0 aromatic carbocycles. The third-order valence-electron chi connectivity index (χ3n) is 1.63. The zero-order chi connectivity index (χ0) is 11.1. The number of allylic oxidation sites excluding steroid dienone is 1. The van der Waals surface area contributed by atoms with Crippen LogP contribution in [0.2, 0.25) is 0 Å². The number of aromatic amines is 1. The highest BCUT2D eigenvalue weighted by Crippen LogP contribution is 2.04. The van der Waals surface area contributed by atoms with Crippen molar-refractivity contribution in [1.29, 1.82) is 0 Å². The molecule has 1 aromatic rings. The lowest BCUT2D eigenvalue weighted by Gasteiger charge is -1.92. The lowest BCUT2D eigenvalue weighted by Crippen LogP contribution is -2.08. The molecule has 0 fully saturated rings. The molecule has 80 valence electrons. The van der Waals surface area contributed by atoms with Gasteiger partial charge in [-0.3, -0.25) is 9.59 Å². The molecule has 4 nitrogen and oxygen atoms in total. The molecule has 1 rings (SSSR count). The Morgan fingerprint density at radius 3 is 3.13 bits per heavy atom. The Balaban J connectivity index is 2.42. The van der Waals surface area contributed by atoms with Crippen LogP contribution in [-0.2, 0) is 4.79 Å². The number of H-pyrrole nitrogens is 1. The first-order chi connectivity index (χ1) is 7.20. The Kier molecular flexibility index (Phi) is 4.83. The van der Waals surface area contributed by atoms with Crippen molar-refractivity contribution in [2.24, 2.45) is 0 Å². The standard InChI is InChI=1S/C10H12N2O2S/c1-8(13)15-5-3-2-4-9-6-11-7-12-10(9)14/h2,4,6-7H,3,5H2,1H3,(H,11,12,14). The van der Waals surface area contributed by atoms with Gasteiger partial charge in [0.05, 0.1) is 11.9 Å². The van der Waals surface area contributed by atoms with E-state index in [9.17, 15) is 9.59 Å². The van der Waals surface area contributed by atoms with Crippen molar-refractivity contribution in [2.75, 3.05) is 5.75 Å². The molecule has 0 amide bonds. The first-order valence-corrected chi connectivity index (χ1v) is 5.51. The normalized spacial score (nSPS) is 10.7. The maximum absolute atomic E-state index is 11.2. The van der Waals surface area contributed by atoms with E-state index >= 15 is 0 Å². The summed E-state index contributed by atoms with van der Waals surface area (Å²) in [7, 11) is 0. The lowest BCUT2D eigenvalue weighted by molar-refractivity contribution is -0.109. The van der Waals surface area contributed by atoms with Gasteiger partial charge in [-0.05, 0) is 6.42 Å². The molecule has 0 aliphatic carbocycles. The summed E-state index contributed by atoms with van der Waals surface area (Å²) in [6.07, 6.45) is 7.20. The maximum Gasteiger partial charge on any atom is 0.257 e. The summed E-state index contributed by atoms with van der Waals surface area (Å²) in [5.74, 6) is 0.740. The minimum Gasteiger partial charge on any atom is -0.313 e. The summed E-state index contributed by atoms with van der Waals surface area (Å²) < 4.78 is 0. The molecule has 0 unspecified atom stereocenters. The third-order valence-corrected chi connectivity index (χ3v) is 2.48. The Labute approximate surface area is 91.8 Å². The van der Waals surface area contributed by atoms with Crippen molar-refractivity contribution >= 4 is 23.0 Å². The van der Waals surface area contributed by atoms with Gasteiger partial charge in [-0.15, -0.1) is 0 Å². The highest BCUT2D eigenvalue weighted by molar-refractivity contribution is 8.13. The average Bonchev–Trinajstić information content (AvgIpc) is 2.20. The van der Waals surface area contributed by atoms with Crippen LogP contribution in [-0.4, -0.2) is 20.8 Å². The molecule has 0 aliphatic heterocycles. The zero-order valence-electron chi connectivity index (χ0n) is 8.40. The topological polar surface area (TPSA) is 62.8 Å². The number of carbonyl (C=O) groups excluding carboxylic acids is 1. The minimum atomic E-state index is -0.152. The molecule has 0 radical (unpaired) electrons. The van der Waals surface area contributed by atoms with Crippen LogP contribution in [0.5, 0.6) is 0 Å². The Morgan fingerprint density at radius 2 is 2.47 bits per heavy atom. The molecule has 1 aromatic heterocycles. The SMILES string of the molecule is CC(=O)SCCC=Cc1cnc[nH]c1=O. The molecular formula is C10H12N2O2S. The van der Waals surface area contributed by atoms with Gasteiger partial charge in [0, 0.05) is 18.9 Å². The van der Waals surface area contributed by atoms with Crippen molar-refractivity contribution in [3.8, 4) is 0 Å². The lowest BCUT2D eigenvalue weighted by atomic mass is 10.3. The molecule has 0 spiro atoms. The van der Waals surface area contributed by atoms with Gasteiger partial charge in [-0.2, -0.15) is 0 Å². The Bertz CT molecular complexity index is 412. The second kappa shape index (κ2) is 6.19. The number of hydrogen-bond acceptors (Lipinski definition) is 4. The fourth-order valence-corrected chi connectivity index (χ4v) is 1.50. The number of thioether (sulfide) groups is 1. The van der Waals surface area contributed by atoms with E-state index in [1.807, 2.05) is 6.08 Å². The highest BCUT2D eigenvalue weighted by atomic mass is 32.2. The van der Waals surface area contributed by atoms with Gasteiger partial charge >= 0.3 is 0 Å². The van der Waals surface area contributed by atoms with Crippen LogP contribution >= 0.6 is 11.8 Å². The van der Waals surface area contributed by atoms with Crippen LogP contribution in [0.1, 0.15) is 18.9 Å². The number of carbonyl (C=O) groups is 1. The molecule has 1 heterocycles. The highest BCUT2D eigenvalue weighted by Gasteiger charge is 1.93. The van der Waals surface area contributed by atoms with Crippen LogP contribution < -0.4 is 5.56 Å². The average molecular weight is 224 g/mol. The summed E-state index contributed by atoms with van der Waals surface area (Å²) in [5.41, 5.74) is 0.380. The Hall–Kier alpha value is -1.36. The van der Waals surface area contributed by atoms with Crippen LogP contribution in [0.25, 0.3) is 6.08 Å². The quantitative estimate of drug-likeness (QED) is 0.786. The van der Waals surface area contributed by atoms with E-state index in [-0.39, 0.29) is 10.7 Å². The van der Waals surface area contributed by atoms with Gasteiger partial charge in [0.1, 0.15) is 0 Å². The van der Waals surface area contributed by atoms with Crippen molar-refractivity contribution in [3.63, 3.8) is 0 Å². The summed E-state index contributed by atoms with van der Waals surface area (Å²) in [5, 5.41) is 0.114. The maximum atomic E-state index is 11.2. The Morgan fingerprint density at radius 1 is 1.67 bits per heavy atom. The molecule has 0 saturated heterocycles. The van der Waals surface area contributed by atoms with E-state index < -0.39 is 0 Å². The van der Waals surface area contributed by atoms with Gasteiger partial charge in [-0.25, -0.2) is 4.98 Å². The van der Waals surface area contributed by atoms with Gasteiger partial charge in [0.2, 0.25) is 0 Å². The third kappa shape index (κ3) is 4.60. The van der Waals surface area contributed by atoms with E-state index in [1.54, 1.807) is 13.0 Å². The number of rotatable bonds is 4. The molecule has 0 atom stereocenters. The van der Waals surface area contributed by atoms with E-state index in [1.165, 1.54) is 24.3 Å². The van der Waals surface area contributed by atoms with Crippen molar-refractivity contribution in [2.45, 2.75) is 13.3 Å². The van der Waals surface area contributed by atoms with Gasteiger partial charge in [0.25, 0.3) is 5.56 Å². The predicted octanol–water partition coefficient (Wildman–Crippen LogP) is 1.45. The molecule has 1 N–H and O–H groups in total. The number of nitrogens with one attached hydrogen (secondary N) is 1. The predicted molar refractivity (Wildman–Crippen MR) is 61.6 cm³/mol.